The first-order chi connectivity index (χ1) is 8.74. The van der Waals surface area contributed by atoms with Gasteiger partial charge < -0.3 is 4.90 Å². The fourth-order valence-corrected chi connectivity index (χ4v) is 2.18. The summed E-state index contributed by atoms with van der Waals surface area (Å²) in [4.78, 5) is 2.10. The number of nitrogens with zero attached hydrogens (tertiary/aromatic N) is 7. The maximum Gasteiger partial charge on any atom is 0.289 e. The zero-order chi connectivity index (χ0) is 12.5. The number of anilines is 1. The van der Waals surface area contributed by atoms with Gasteiger partial charge in [0.2, 0.25) is 0 Å². The summed E-state index contributed by atoms with van der Waals surface area (Å²) in [6.07, 6.45) is 2.37. The van der Waals surface area contributed by atoms with E-state index in [-0.39, 0.29) is 0 Å². The van der Waals surface area contributed by atoms with E-state index in [1.54, 1.807) is 4.68 Å². The SMILES string of the molecule is Cc1cc(C)n(-c2nnc(N3CCCC3)nn2)n1. The Balaban J connectivity index is 1.88. The standard InChI is InChI=1S/C11H15N7/c1-8-7-9(2)18(16-8)11-14-12-10(13-15-11)17-5-3-4-6-17/h7H,3-6H2,1-2H3. The molecule has 0 amide bonds. The van der Waals surface area contributed by atoms with Crippen LogP contribution in [-0.4, -0.2) is 43.3 Å². The normalized spacial score (nSPS) is 15.3. The Morgan fingerprint density at radius 2 is 1.56 bits per heavy atom. The van der Waals surface area contributed by atoms with Gasteiger partial charge in [0, 0.05) is 18.8 Å². The van der Waals surface area contributed by atoms with E-state index in [2.05, 4.69) is 30.4 Å². The van der Waals surface area contributed by atoms with Crippen molar-refractivity contribution in [3.63, 3.8) is 0 Å². The molecule has 0 bridgehead atoms. The Hall–Kier alpha value is -2.05. The van der Waals surface area contributed by atoms with Crippen molar-refractivity contribution in [1.82, 2.24) is 30.2 Å². The molecular weight excluding hydrogens is 230 g/mol. The zero-order valence-electron chi connectivity index (χ0n) is 10.5. The summed E-state index contributed by atoms with van der Waals surface area (Å²) >= 11 is 0. The van der Waals surface area contributed by atoms with E-state index < -0.39 is 0 Å². The number of hydrogen-bond donors (Lipinski definition) is 0. The van der Waals surface area contributed by atoms with Gasteiger partial charge in [0.25, 0.3) is 11.9 Å². The predicted octanol–water partition coefficient (Wildman–Crippen LogP) is 0.669. The lowest BCUT2D eigenvalue weighted by molar-refractivity contribution is 0.696. The van der Waals surface area contributed by atoms with Gasteiger partial charge in [-0.15, -0.1) is 20.4 Å². The topological polar surface area (TPSA) is 72.6 Å². The van der Waals surface area contributed by atoms with Gasteiger partial charge in [-0.05, 0) is 32.8 Å². The molecule has 3 rings (SSSR count). The van der Waals surface area contributed by atoms with Crippen LogP contribution in [0.15, 0.2) is 6.07 Å². The maximum atomic E-state index is 4.31. The predicted molar refractivity (Wildman–Crippen MR) is 65.7 cm³/mol. The number of aromatic nitrogens is 6. The number of hydrogen-bond acceptors (Lipinski definition) is 6. The lowest BCUT2D eigenvalue weighted by atomic mass is 10.4. The van der Waals surface area contributed by atoms with Crippen LogP contribution in [0, 0.1) is 13.8 Å². The van der Waals surface area contributed by atoms with Gasteiger partial charge in [-0.1, -0.05) is 0 Å². The van der Waals surface area contributed by atoms with Gasteiger partial charge in [-0.25, -0.2) is 4.68 Å². The average molecular weight is 245 g/mol. The minimum atomic E-state index is 0.420. The molecule has 0 atom stereocenters. The fraction of sp³-hybridized carbons (Fsp3) is 0.545. The second-order valence-corrected chi connectivity index (χ2v) is 4.53. The van der Waals surface area contributed by atoms with Crippen molar-refractivity contribution in [3.05, 3.63) is 17.5 Å². The lowest BCUT2D eigenvalue weighted by Crippen LogP contribution is -2.22. The third-order valence-electron chi connectivity index (χ3n) is 3.05. The Morgan fingerprint density at radius 3 is 2.11 bits per heavy atom. The molecule has 1 fully saturated rings. The highest BCUT2D eigenvalue weighted by molar-refractivity contribution is 5.28. The Morgan fingerprint density at radius 1 is 0.944 bits per heavy atom. The summed E-state index contributed by atoms with van der Waals surface area (Å²) in [5.41, 5.74) is 1.91. The Labute approximate surface area is 105 Å². The van der Waals surface area contributed by atoms with Crippen LogP contribution >= 0.6 is 0 Å². The van der Waals surface area contributed by atoms with Crippen molar-refractivity contribution >= 4 is 5.95 Å². The van der Waals surface area contributed by atoms with Crippen LogP contribution in [0.4, 0.5) is 5.95 Å². The molecular formula is C11H15N7. The van der Waals surface area contributed by atoms with Gasteiger partial charge in [0.1, 0.15) is 0 Å². The minimum Gasteiger partial charge on any atom is -0.338 e. The molecule has 7 heteroatoms. The zero-order valence-corrected chi connectivity index (χ0v) is 10.5. The van der Waals surface area contributed by atoms with Crippen molar-refractivity contribution < 1.29 is 0 Å². The van der Waals surface area contributed by atoms with Crippen LogP contribution < -0.4 is 4.90 Å². The van der Waals surface area contributed by atoms with Crippen LogP contribution in [0.1, 0.15) is 24.2 Å². The molecule has 94 valence electrons. The quantitative estimate of drug-likeness (QED) is 0.774. The summed E-state index contributed by atoms with van der Waals surface area (Å²) < 4.78 is 1.66. The smallest absolute Gasteiger partial charge is 0.289 e. The summed E-state index contributed by atoms with van der Waals surface area (Å²) in [5, 5.41) is 20.8. The molecule has 18 heavy (non-hydrogen) atoms. The summed E-state index contributed by atoms with van der Waals surface area (Å²) in [5.74, 6) is 1.03. The van der Waals surface area contributed by atoms with Gasteiger partial charge in [0.15, 0.2) is 0 Å². The minimum absolute atomic E-state index is 0.420. The highest BCUT2D eigenvalue weighted by Crippen LogP contribution is 2.14. The summed E-state index contributed by atoms with van der Waals surface area (Å²) in [6.45, 7) is 5.87. The molecule has 2 aromatic rings. The van der Waals surface area contributed by atoms with Crippen molar-refractivity contribution in [2.24, 2.45) is 0 Å². The first kappa shape index (κ1) is 11.1. The van der Waals surface area contributed by atoms with E-state index in [0.29, 0.717) is 11.9 Å². The van der Waals surface area contributed by atoms with E-state index in [0.717, 1.165) is 24.5 Å². The highest BCUT2D eigenvalue weighted by atomic mass is 15.5. The van der Waals surface area contributed by atoms with Gasteiger partial charge in [-0.2, -0.15) is 5.10 Å². The molecule has 0 aromatic carbocycles. The maximum absolute atomic E-state index is 4.31. The molecule has 0 radical (unpaired) electrons. The number of aryl methyl sites for hydroxylation is 2. The Kier molecular flexibility index (Phi) is 2.66. The van der Waals surface area contributed by atoms with E-state index in [1.165, 1.54) is 12.8 Å². The van der Waals surface area contributed by atoms with Crippen molar-refractivity contribution in [1.29, 1.82) is 0 Å². The largest absolute Gasteiger partial charge is 0.338 e. The van der Waals surface area contributed by atoms with Gasteiger partial charge >= 0.3 is 0 Å². The second kappa shape index (κ2) is 4.32. The number of rotatable bonds is 2. The first-order valence-corrected chi connectivity index (χ1v) is 6.10. The van der Waals surface area contributed by atoms with Gasteiger partial charge in [-0.3, -0.25) is 0 Å². The second-order valence-electron chi connectivity index (χ2n) is 4.53. The van der Waals surface area contributed by atoms with Crippen LogP contribution in [0.25, 0.3) is 5.95 Å². The molecule has 0 N–H and O–H groups in total. The van der Waals surface area contributed by atoms with E-state index >= 15 is 0 Å². The summed E-state index contributed by atoms with van der Waals surface area (Å²) in [7, 11) is 0. The third kappa shape index (κ3) is 1.92. The van der Waals surface area contributed by atoms with Crippen molar-refractivity contribution in [2.45, 2.75) is 26.7 Å². The molecule has 1 aliphatic heterocycles. The lowest BCUT2D eigenvalue weighted by Gasteiger charge is -2.12. The molecule has 3 heterocycles. The Bertz CT molecular complexity index is 539. The average Bonchev–Trinajstić information content (AvgIpc) is 2.99. The van der Waals surface area contributed by atoms with E-state index in [4.69, 9.17) is 0 Å². The van der Waals surface area contributed by atoms with E-state index in [1.807, 2.05) is 19.9 Å². The molecule has 1 saturated heterocycles. The molecule has 2 aromatic heterocycles. The van der Waals surface area contributed by atoms with Crippen molar-refractivity contribution in [3.8, 4) is 5.95 Å². The van der Waals surface area contributed by atoms with Gasteiger partial charge in [0.05, 0.1) is 5.69 Å². The van der Waals surface area contributed by atoms with Crippen LogP contribution in [-0.2, 0) is 0 Å². The van der Waals surface area contributed by atoms with Crippen LogP contribution in [0.5, 0.6) is 0 Å². The summed E-state index contributed by atoms with van der Waals surface area (Å²) in [6, 6.07) is 1.97. The van der Waals surface area contributed by atoms with Crippen LogP contribution in [0.2, 0.25) is 0 Å². The molecule has 1 aliphatic rings. The highest BCUT2D eigenvalue weighted by Gasteiger charge is 2.16. The van der Waals surface area contributed by atoms with Crippen LogP contribution in [0.3, 0.4) is 0 Å². The van der Waals surface area contributed by atoms with Crippen molar-refractivity contribution in [2.75, 3.05) is 18.0 Å². The monoisotopic (exact) mass is 245 g/mol. The molecule has 0 spiro atoms. The third-order valence-corrected chi connectivity index (χ3v) is 3.05. The van der Waals surface area contributed by atoms with E-state index in [9.17, 15) is 0 Å². The first-order valence-electron chi connectivity index (χ1n) is 6.10. The molecule has 0 aliphatic carbocycles. The molecule has 7 nitrogen and oxygen atoms in total. The fourth-order valence-electron chi connectivity index (χ4n) is 2.18. The molecule has 0 saturated carbocycles. The molecule has 0 unspecified atom stereocenters.